The van der Waals surface area contributed by atoms with Gasteiger partial charge in [0.2, 0.25) is 0 Å². The van der Waals surface area contributed by atoms with Gasteiger partial charge < -0.3 is 15.2 Å². The van der Waals surface area contributed by atoms with E-state index >= 15 is 0 Å². The number of sulfone groups is 1. The minimum atomic E-state index is -3.95. The number of aromatic hydroxyl groups is 1. The summed E-state index contributed by atoms with van der Waals surface area (Å²) in [6.45, 7) is 4.05. The zero-order chi connectivity index (χ0) is 30.4. The van der Waals surface area contributed by atoms with E-state index in [2.05, 4.69) is 15.3 Å². The Morgan fingerprint density at radius 2 is 1.91 bits per heavy atom. The summed E-state index contributed by atoms with van der Waals surface area (Å²) in [5.74, 6) is -0.405. The summed E-state index contributed by atoms with van der Waals surface area (Å²) in [6.07, 6.45) is 4.50. The smallest absolute Gasteiger partial charge is 0.279 e. The highest BCUT2D eigenvalue weighted by Gasteiger charge is 2.48. The molecule has 220 valence electrons. The summed E-state index contributed by atoms with van der Waals surface area (Å²) in [7, 11) is -3.95. The standard InChI is InChI=1S/C32H29ClN4O5S/c1-32(2)16-24-30(43(40,41)19-32)29(22-12-11-21(15-23(22)33)42-18-20-7-4-3-5-8-20)37(31(39)25-17-34-13-14-35-25)26-9-6-10-27(38)28(26)36-24/h3-15,17,29,36,38H,16,18-19H2,1-2H3. The zero-order valence-electron chi connectivity index (χ0n) is 23.5. The first-order valence-electron chi connectivity index (χ1n) is 13.6. The number of benzene rings is 3. The van der Waals surface area contributed by atoms with Crippen molar-refractivity contribution in [2.45, 2.75) is 32.9 Å². The van der Waals surface area contributed by atoms with Crippen LogP contribution in [-0.4, -0.2) is 35.2 Å². The van der Waals surface area contributed by atoms with Crippen molar-refractivity contribution in [3.8, 4) is 11.5 Å². The summed E-state index contributed by atoms with van der Waals surface area (Å²) >= 11 is 6.92. The molecule has 0 aliphatic carbocycles. The second kappa shape index (κ2) is 11.0. The van der Waals surface area contributed by atoms with Gasteiger partial charge in [0.25, 0.3) is 5.91 Å². The monoisotopic (exact) mass is 616 g/mol. The molecule has 4 aromatic rings. The third-order valence-electron chi connectivity index (χ3n) is 7.45. The lowest BCUT2D eigenvalue weighted by Gasteiger charge is -2.37. The van der Waals surface area contributed by atoms with Crippen molar-refractivity contribution >= 4 is 38.7 Å². The molecule has 11 heteroatoms. The predicted octanol–water partition coefficient (Wildman–Crippen LogP) is 6.28. The molecule has 1 unspecified atom stereocenters. The molecule has 1 aromatic heterocycles. The van der Waals surface area contributed by atoms with Crippen molar-refractivity contribution in [3.05, 3.63) is 118 Å². The van der Waals surface area contributed by atoms with Crippen LogP contribution in [0, 0.1) is 5.41 Å². The number of anilines is 2. The number of halogens is 1. The van der Waals surface area contributed by atoms with E-state index in [1.165, 1.54) is 29.6 Å². The quantitative estimate of drug-likeness (QED) is 0.251. The maximum atomic E-state index is 14.3. The van der Waals surface area contributed by atoms with Crippen LogP contribution in [0.2, 0.25) is 5.02 Å². The third kappa shape index (κ3) is 5.55. The van der Waals surface area contributed by atoms with Gasteiger partial charge in [-0.1, -0.05) is 67.9 Å². The molecule has 2 aliphatic heterocycles. The van der Waals surface area contributed by atoms with Crippen molar-refractivity contribution in [3.63, 3.8) is 0 Å². The normalized spacial score (nSPS) is 18.6. The minimum absolute atomic E-state index is 0.00156. The number of fused-ring (bicyclic) bond motifs is 1. The maximum Gasteiger partial charge on any atom is 0.279 e. The number of carbonyl (C=O) groups excluding carboxylic acids is 1. The summed E-state index contributed by atoms with van der Waals surface area (Å²) in [5, 5.41) is 14.4. The number of ether oxygens (including phenoxy) is 1. The summed E-state index contributed by atoms with van der Waals surface area (Å²) in [4.78, 5) is 23.9. The molecule has 43 heavy (non-hydrogen) atoms. The molecule has 1 amide bonds. The molecule has 1 atom stereocenters. The number of hydrogen-bond acceptors (Lipinski definition) is 8. The number of amides is 1. The van der Waals surface area contributed by atoms with E-state index in [9.17, 15) is 18.3 Å². The first-order valence-corrected chi connectivity index (χ1v) is 15.7. The molecule has 2 aliphatic rings. The average molecular weight is 617 g/mol. The third-order valence-corrected chi connectivity index (χ3v) is 10.1. The molecule has 6 rings (SSSR count). The van der Waals surface area contributed by atoms with E-state index in [0.29, 0.717) is 30.0 Å². The van der Waals surface area contributed by atoms with Gasteiger partial charge in [0.1, 0.15) is 35.5 Å². The summed E-state index contributed by atoms with van der Waals surface area (Å²) in [5.41, 5.74) is 1.60. The van der Waals surface area contributed by atoms with Crippen LogP contribution in [0.25, 0.3) is 0 Å². The maximum absolute atomic E-state index is 14.3. The molecule has 0 saturated carbocycles. The van der Waals surface area contributed by atoms with Crippen molar-refractivity contribution < 1.29 is 23.1 Å². The molecule has 0 bridgehead atoms. The minimum Gasteiger partial charge on any atom is -0.506 e. The molecule has 0 spiro atoms. The lowest BCUT2D eigenvalue weighted by molar-refractivity contribution is 0.0975. The van der Waals surface area contributed by atoms with Crippen LogP contribution >= 0.6 is 11.6 Å². The van der Waals surface area contributed by atoms with Crippen molar-refractivity contribution in [1.82, 2.24) is 9.97 Å². The Labute approximate surface area is 254 Å². The van der Waals surface area contributed by atoms with Gasteiger partial charge in [-0.2, -0.15) is 0 Å². The Balaban J connectivity index is 1.56. The van der Waals surface area contributed by atoms with Crippen LogP contribution in [0.5, 0.6) is 11.5 Å². The molecular weight excluding hydrogens is 588 g/mol. The van der Waals surface area contributed by atoms with Gasteiger partial charge in [-0.15, -0.1) is 0 Å². The second-order valence-electron chi connectivity index (χ2n) is 11.4. The van der Waals surface area contributed by atoms with Gasteiger partial charge in [0, 0.05) is 23.1 Å². The number of aromatic nitrogens is 2. The van der Waals surface area contributed by atoms with E-state index in [0.717, 1.165) is 5.56 Å². The summed E-state index contributed by atoms with van der Waals surface area (Å²) in [6, 6.07) is 18.2. The van der Waals surface area contributed by atoms with Crippen molar-refractivity contribution in [2.75, 3.05) is 16.0 Å². The van der Waals surface area contributed by atoms with Gasteiger partial charge in [-0.25, -0.2) is 13.4 Å². The number of nitrogens with zero attached hydrogens (tertiary/aromatic N) is 3. The first-order chi connectivity index (χ1) is 20.5. The van der Waals surface area contributed by atoms with E-state index in [1.54, 1.807) is 30.3 Å². The molecule has 3 heterocycles. The predicted molar refractivity (Wildman–Crippen MR) is 165 cm³/mol. The number of carbonyl (C=O) groups is 1. The van der Waals surface area contributed by atoms with Crippen molar-refractivity contribution in [1.29, 1.82) is 0 Å². The Kier molecular flexibility index (Phi) is 7.35. The Bertz CT molecular complexity index is 1850. The van der Waals surface area contributed by atoms with E-state index in [-0.39, 0.29) is 38.5 Å². The van der Waals surface area contributed by atoms with Gasteiger partial charge in [0.15, 0.2) is 9.84 Å². The fraction of sp³-hybridized carbons (Fsp3) is 0.219. The zero-order valence-corrected chi connectivity index (χ0v) is 25.1. The highest BCUT2D eigenvalue weighted by molar-refractivity contribution is 7.95. The van der Waals surface area contributed by atoms with Crippen LogP contribution < -0.4 is 15.0 Å². The van der Waals surface area contributed by atoms with E-state index in [1.807, 2.05) is 44.2 Å². The molecular formula is C32H29ClN4O5S. The molecule has 0 saturated heterocycles. The number of phenols is 1. The Morgan fingerprint density at radius 1 is 1.12 bits per heavy atom. The fourth-order valence-corrected chi connectivity index (χ4v) is 8.33. The van der Waals surface area contributed by atoms with Gasteiger partial charge >= 0.3 is 0 Å². The largest absolute Gasteiger partial charge is 0.506 e. The number of allylic oxidation sites excluding steroid dienone is 1. The Morgan fingerprint density at radius 3 is 2.63 bits per heavy atom. The number of phenolic OH excluding ortho intramolecular Hbond substituents is 1. The number of hydrogen-bond donors (Lipinski definition) is 2. The highest BCUT2D eigenvalue weighted by Crippen LogP contribution is 2.52. The van der Waals surface area contributed by atoms with Crippen LogP contribution in [0.1, 0.15) is 47.9 Å². The number of nitrogens with one attached hydrogen (secondary N) is 1. The van der Waals surface area contributed by atoms with Crippen LogP contribution in [0.3, 0.4) is 0 Å². The van der Waals surface area contributed by atoms with Gasteiger partial charge in [0.05, 0.1) is 22.5 Å². The number of para-hydroxylation sites is 1. The van der Waals surface area contributed by atoms with Gasteiger partial charge in [-0.3, -0.25) is 14.7 Å². The first kappa shape index (κ1) is 28.7. The molecule has 3 aromatic carbocycles. The highest BCUT2D eigenvalue weighted by atomic mass is 35.5. The van der Waals surface area contributed by atoms with Crippen LogP contribution in [-0.2, 0) is 16.4 Å². The van der Waals surface area contributed by atoms with Crippen LogP contribution in [0.15, 0.2) is 95.9 Å². The molecule has 2 N–H and O–H groups in total. The Hall–Kier alpha value is -4.41. The van der Waals surface area contributed by atoms with E-state index in [4.69, 9.17) is 16.3 Å². The SMILES string of the molecule is CC1(C)CC2=C(C(c3ccc(OCc4ccccc4)cc3Cl)N(C(=O)c3cnccn3)c3cccc(O)c3N2)S(=O)(=O)C1. The molecule has 9 nitrogen and oxygen atoms in total. The molecule has 0 radical (unpaired) electrons. The van der Waals surface area contributed by atoms with Crippen LogP contribution in [0.4, 0.5) is 11.4 Å². The lowest BCUT2D eigenvalue weighted by atomic mass is 9.88. The number of rotatable bonds is 5. The fourth-order valence-electron chi connectivity index (χ4n) is 5.70. The second-order valence-corrected chi connectivity index (χ2v) is 13.7. The van der Waals surface area contributed by atoms with Crippen molar-refractivity contribution in [2.24, 2.45) is 5.41 Å². The molecule has 0 fully saturated rings. The van der Waals surface area contributed by atoms with Gasteiger partial charge in [-0.05, 0) is 47.2 Å². The topological polar surface area (TPSA) is 122 Å². The lowest BCUT2D eigenvalue weighted by Crippen LogP contribution is -2.41. The van der Waals surface area contributed by atoms with E-state index < -0.39 is 27.2 Å². The summed E-state index contributed by atoms with van der Waals surface area (Å²) < 4.78 is 34.3. The average Bonchev–Trinajstić information content (AvgIpc) is 3.11.